The molecule has 0 saturated heterocycles. The average Bonchev–Trinajstić information content (AvgIpc) is 2.50. The third-order valence-electron chi connectivity index (χ3n) is 6.04. The molecule has 23 heavy (non-hydrogen) atoms. The Hall–Kier alpha value is -1.04. The van der Waals surface area contributed by atoms with Crippen LogP contribution in [0.2, 0.25) is 0 Å². The van der Waals surface area contributed by atoms with E-state index in [1.807, 2.05) is 0 Å². The van der Waals surface area contributed by atoms with Gasteiger partial charge in [-0.2, -0.15) is 0 Å². The molecule has 0 aromatic rings. The first-order valence-electron chi connectivity index (χ1n) is 9.80. The second kappa shape index (κ2) is 8.18. The molecular formula is C23H36. The Morgan fingerprint density at radius 3 is 2.35 bits per heavy atom. The van der Waals surface area contributed by atoms with Gasteiger partial charge in [0.15, 0.2) is 0 Å². The van der Waals surface area contributed by atoms with Crippen LogP contribution in [0.3, 0.4) is 0 Å². The molecule has 2 unspecified atom stereocenters. The van der Waals surface area contributed by atoms with Crippen molar-refractivity contribution in [3.05, 3.63) is 45.6 Å². The lowest BCUT2D eigenvalue weighted by molar-refractivity contribution is 0.491. The van der Waals surface area contributed by atoms with Crippen molar-refractivity contribution >= 4 is 0 Å². The molecule has 0 aliphatic heterocycles. The number of allylic oxidation sites excluding steroid dienone is 8. The molecule has 2 aliphatic rings. The van der Waals surface area contributed by atoms with E-state index >= 15 is 0 Å². The van der Waals surface area contributed by atoms with Gasteiger partial charge in [-0.25, -0.2) is 0 Å². The van der Waals surface area contributed by atoms with Crippen LogP contribution in [-0.2, 0) is 0 Å². The lowest BCUT2D eigenvalue weighted by atomic mass is 9.71. The fraction of sp³-hybridized carbons (Fsp3) is 0.652. The van der Waals surface area contributed by atoms with Gasteiger partial charge in [-0.05, 0) is 86.5 Å². The highest BCUT2D eigenvalue weighted by Gasteiger charge is 2.28. The van der Waals surface area contributed by atoms with Crippen LogP contribution in [0.25, 0.3) is 0 Å². The van der Waals surface area contributed by atoms with Crippen molar-refractivity contribution in [2.24, 2.45) is 11.8 Å². The molecule has 0 aromatic carbocycles. The van der Waals surface area contributed by atoms with Crippen LogP contribution >= 0.6 is 0 Å². The SMILES string of the molecule is CCCCC1=CC(=C(C)CC)C(C)C(C)C1=C(C)C=C1CCC1. The molecule has 0 spiro atoms. The van der Waals surface area contributed by atoms with E-state index in [2.05, 4.69) is 53.7 Å². The summed E-state index contributed by atoms with van der Waals surface area (Å²) >= 11 is 0. The zero-order valence-corrected chi connectivity index (χ0v) is 16.3. The summed E-state index contributed by atoms with van der Waals surface area (Å²) in [7, 11) is 0. The summed E-state index contributed by atoms with van der Waals surface area (Å²) in [6.07, 6.45) is 14.1. The molecular weight excluding hydrogens is 276 g/mol. The summed E-state index contributed by atoms with van der Waals surface area (Å²) < 4.78 is 0. The van der Waals surface area contributed by atoms with Gasteiger partial charge in [-0.15, -0.1) is 0 Å². The van der Waals surface area contributed by atoms with E-state index in [9.17, 15) is 0 Å². The van der Waals surface area contributed by atoms with Crippen molar-refractivity contribution in [2.75, 3.05) is 0 Å². The normalized spacial score (nSPS) is 29.0. The smallest absolute Gasteiger partial charge is 0.0119 e. The molecule has 2 aliphatic carbocycles. The van der Waals surface area contributed by atoms with Gasteiger partial charge in [0.1, 0.15) is 0 Å². The van der Waals surface area contributed by atoms with Crippen molar-refractivity contribution < 1.29 is 0 Å². The maximum absolute atomic E-state index is 2.55. The summed E-state index contributed by atoms with van der Waals surface area (Å²) in [6, 6.07) is 0. The Morgan fingerprint density at radius 2 is 1.83 bits per heavy atom. The van der Waals surface area contributed by atoms with Crippen LogP contribution in [0, 0.1) is 11.8 Å². The van der Waals surface area contributed by atoms with Crippen LogP contribution in [0.5, 0.6) is 0 Å². The zero-order chi connectivity index (χ0) is 17.0. The third-order valence-corrected chi connectivity index (χ3v) is 6.04. The quantitative estimate of drug-likeness (QED) is 0.492. The Kier molecular flexibility index (Phi) is 6.50. The highest BCUT2D eigenvalue weighted by atomic mass is 14.3. The summed E-state index contributed by atoms with van der Waals surface area (Å²) in [4.78, 5) is 0. The minimum Gasteiger partial charge on any atom is -0.0701 e. The Labute approximate surface area is 144 Å². The van der Waals surface area contributed by atoms with Crippen molar-refractivity contribution in [3.63, 3.8) is 0 Å². The summed E-state index contributed by atoms with van der Waals surface area (Å²) in [5.74, 6) is 1.28. The van der Waals surface area contributed by atoms with Crippen LogP contribution in [0.4, 0.5) is 0 Å². The van der Waals surface area contributed by atoms with E-state index < -0.39 is 0 Å². The second-order valence-electron chi connectivity index (χ2n) is 7.69. The van der Waals surface area contributed by atoms with Crippen molar-refractivity contribution in [2.45, 2.75) is 86.5 Å². The molecule has 0 amide bonds. The van der Waals surface area contributed by atoms with E-state index in [1.165, 1.54) is 50.5 Å². The fourth-order valence-electron chi connectivity index (χ4n) is 4.02. The molecule has 0 heteroatoms. The minimum atomic E-state index is 0.639. The van der Waals surface area contributed by atoms with E-state index in [0.29, 0.717) is 11.8 Å². The van der Waals surface area contributed by atoms with Crippen LogP contribution < -0.4 is 0 Å². The minimum absolute atomic E-state index is 0.639. The number of hydrogen-bond acceptors (Lipinski definition) is 0. The predicted molar refractivity (Wildman–Crippen MR) is 104 cm³/mol. The van der Waals surface area contributed by atoms with Gasteiger partial charge in [0.25, 0.3) is 0 Å². The Balaban J connectivity index is 2.48. The van der Waals surface area contributed by atoms with Crippen molar-refractivity contribution in [1.82, 2.24) is 0 Å². The zero-order valence-electron chi connectivity index (χ0n) is 16.3. The first-order chi connectivity index (χ1) is 11.0. The molecule has 1 saturated carbocycles. The molecule has 0 bridgehead atoms. The Bertz CT molecular complexity index is 545. The van der Waals surface area contributed by atoms with Crippen LogP contribution in [-0.4, -0.2) is 0 Å². The van der Waals surface area contributed by atoms with Gasteiger partial charge in [0, 0.05) is 0 Å². The highest BCUT2D eigenvalue weighted by Crippen LogP contribution is 2.43. The first-order valence-corrected chi connectivity index (χ1v) is 9.80. The van der Waals surface area contributed by atoms with Crippen molar-refractivity contribution in [3.8, 4) is 0 Å². The summed E-state index contributed by atoms with van der Waals surface area (Å²) in [6.45, 7) is 14.1. The third kappa shape index (κ3) is 4.08. The van der Waals surface area contributed by atoms with E-state index in [0.717, 1.165) is 0 Å². The fourth-order valence-corrected chi connectivity index (χ4v) is 4.02. The molecule has 0 N–H and O–H groups in total. The second-order valence-corrected chi connectivity index (χ2v) is 7.69. The molecule has 0 nitrogen and oxygen atoms in total. The molecule has 0 radical (unpaired) electrons. The van der Waals surface area contributed by atoms with Crippen molar-refractivity contribution in [1.29, 1.82) is 0 Å². The number of hydrogen-bond donors (Lipinski definition) is 0. The molecule has 0 aromatic heterocycles. The number of unbranched alkanes of at least 4 members (excludes halogenated alkanes) is 1. The molecule has 0 heterocycles. The largest absolute Gasteiger partial charge is 0.0701 e. The number of rotatable bonds is 5. The highest BCUT2D eigenvalue weighted by molar-refractivity contribution is 5.50. The molecule has 128 valence electrons. The Morgan fingerprint density at radius 1 is 1.13 bits per heavy atom. The average molecular weight is 313 g/mol. The summed E-state index contributed by atoms with van der Waals surface area (Å²) in [5.41, 5.74) is 9.66. The van der Waals surface area contributed by atoms with E-state index in [4.69, 9.17) is 0 Å². The van der Waals surface area contributed by atoms with Crippen LogP contribution in [0.15, 0.2) is 45.6 Å². The molecule has 1 fully saturated rings. The van der Waals surface area contributed by atoms with Crippen LogP contribution in [0.1, 0.15) is 86.5 Å². The topological polar surface area (TPSA) is 0 Å². The monoisotopic (exact) mass is 312 g/mol. The molecule has 2 atom stereocenters. The van der Waals surface area contributed by atoms with Gasteiger partial charge in [-0.1, -0.05) is 57.4 Å². The lowest BCUT2D eigenvalue weighted by Crippen LogP contribution is -2.21. The maximum atomic E-state index is 2.55. The van der Waals surface area contributed by atoms with Gasteiger partial charge in [-0.3, -0.25) is 0 Å². The predicted octanol–water partition coefficient (Wildman–Crippen LogP) is 7.54. The van der Waals surface area contributed by atoms with Gasteiger partial charge in [0.2, 0.25) is 0 Å². The summed E-state index contributed by atoms with van der Waals surface area (Å²) in [5, 5.41) is 0. The molecule has 2 rings (SSSR count). The first kappa shape index (κ1) is 18.3. The van der Waals surface area contributed by atoms with Gasteiger partial charge in [0.05, 0.1) is 0 Å². The lowest BCUT2D eigenvalue weighted by Gasteiger charge is -2.34. The van der Waals surface area contributed by atoms with E-state index in [-0.39, 0.29) is 0 Å². The maximum Gasteiger partial charge on any atom is -0.0119 e. The van der Waals surface area contributed by atoms with Gasteiger partial charge < -0.3 is 0 Å². The van der Waals surface area contributed by atoms with E-state index in [1.54, 1.807) is 27.9 Å². The van der Waals surface area contributed by atoms with Gasteiger partial charge >= 0.3 is 0 Å². The standard InChI is InChI=1S/C23H36/c1-7-9-13-21-15-22(16(3)8-2)18(5)19(6)23(21)17(4)14-20-11-10-12-20/h14-15,18-19H,7-13H2,1-6H3.